The van der Waals surface area contributed by atoms with Gasteiger partial charge in [0.05, 0.1) is 5.52 Å². The van der Waals surface area contributed by atoms with Crippen LogP contribution in [0.15, 0.2) is 29.2 Å². The molecule has 0 spiro atoms. The molecule has 0 saturated heterocycles. The summed E-state index contributed by atoms with van der Waals surface area (Å²) in [6, 6.07) is 6.99. The highest BCUT2D eigenvalue weighted by Gasteiger charge is 2.23. The SMILES string of the molecule is CCNC(=O)Cn1c(C)c(S(=O)(=O)Cl)c2ccccc21. The first kappa shape index (κ1) is 14.9. The number of para-hydroxylation sites is 1. The number of amides is 1. The van der Waals surface area contributed by atoms with E-state index in [0.717, 1.165) is 0 Å². The molecule has 1 N–H and O–H groups in total. The number of nitrogens with one attached hydrogen (secondary N) is 1. The van der Waals surface area contributed by atoms with E-state index >= 15 is 0 Å². The van der Waals surface area contributed by atoms with Crippen molar-refractivity contribution in [3.63, 3.8) is 0 Å². The standard InChI is InChI=1S/C13H15ClN2O3S/c1-3-15-12(17)8-16-9(2)13(20(14,18)19)10-6-4-5-7-11(10)16/h4-7H,3,8H2,1-2H3,(H,15,17). The Kier molecular flexibility index (Phi) is 4.06. The van der Waals surface area contributed by atoms with Gasteiger partial charge in [0.2, 0.25) is 5.91 Å². The summed E-state index contributed by atoms with van der Waals surface area (Å²) in [5.41, 5.74) is 1.14. The molecule has 1 heterocycles. The van der Waals surface area contributed by atoms with Gasteiger partial charge in [0.1, 0.15) is 11.4 Å². The lowest BCUT2D eigenvalue weighted by molar-refractivity contribution is -0.121. The minimum atomic E-state index is -3.87. The van der Waals surface area contributed by atoms with Gasteiger partial charge in [-0.2, -0.15) is 0 Å². The van der Waals surface area contributed by atoms with Gasteiger partial charge in [0.25, 0.3) is 9.05 Å². The number of rotatable bonds is 4. The van der Waals surface area contributed by atoms with Gasteiger partial charge in [0, 0.05) is 28.3 Å². The molecule has 0 bridgehead atoms. The molecule has 0 saturated carbocycles. The maximum atomic E-state index is 11.8. The number of hydrogen-bond donors (Lipinski definition) is 1. The molecule has 0 unspecified atom stereocenters. The molecule has 108 valence electrons. The van der Waals surface area contributed by atoms with Gasteiger partial charge < -0.3 is 9.88 Å². The zero-order valence-electron chi connectivity index (χ0n) is 11.2. The zero-order valence-corrected chi connectivity index (χ0v) is 12.8. The van der Waals surface area contributed by atoms with Crippen LogP contribution in [-0.2, 0) is 20.4 Å². The molecule has 2 rings (SSSR count). The molecular weight excluding hydrogens is 300 g/mol. The first-order valence-electron chi connectivity index (χ1n) is 6.15. The average Bonchev–Trinajstić information content (AvgIpc) is 2.62. The van der Waals surface area contributed by atoms with E-state index in [1.807, 2.05) is 6.92 Å². The predicted molar refractivity (Wildman–Crippen MR) is 78.4 cm³/mol. The number of fused-ring (bicyclic) bond motifs is 1. The summed E-state index contributed by atoms with van der Waals surface area (Å²) in [4.78, 5) is 11.8. The highest BCUT2D eigenvalue weighted by Crippen LogP contribution is 2.31. The Hall–Kier alpha value is -1.53. The van der Waals surface area contributed by atoms with Crippen LogP contribution in [0.4, 0.5) is 0 Å². The summed E-state index contributed by atoms with van der Waals surface area (Å²) in [7, 11) is 1.64. The van der Waals surface area contributed by atoms with Crippen LogP contribution in [-0.4, -0.2) is 25.4 Å². The number of benzene rings is 1. The highest BCUT2D eigenvalue weighted by molar-refractivity contribution is 8.14. The number of likely N-dealkylation sites (N-methyl/N-ethyl adjacent to an activating group) is 1. The maximum Gasteiger partial charge on any atom is 0.263 e. The molecule has 7 heteroatoms. The molecule has 0 atom stereocenters. The summed E-state index contributed by atoms with van der Waals surface area (Å²) >= 11 is 0. The van der Waals surface area contributed by atoms with Gasteiger partial charge in [-0.1, -0.05) is 18.2 Å². The van der Waals surface area contributed by atoms with Crippen molar-refractivity contribution in [1.29, 1.82) is 0 Å². The third-order valence-corrected chi connectivity index (χ3v) is 4.56. The zero-order chi connectivity index (χ0) is 14.9. The molecule has 0 aliphatic rings. The van der Waals surface area contributed by atoms with Gasteiger partial charge >= 0.3 is 0 Å². The first-order valence-corrected chi connectivity index (χ1v) is 8.46. The smallest absolute Gasteiger partial charge is 0.263 e. The van der Waals surface area contributed by atoms with Crippen LogP contribution < -0.4 is 5.32 Å². The first-order chi connectivity index (χ1) is 9.36. The van der Waals surface area contributed by atoms with Gasteiger partial charge in [-0.05, 0) is 19.9 Å². The van der Waals surface area contributed by atoms with E-state index in [4.69, 9.17) is 10.7 Å². The van der Waals surface area contributed by atoms with Crippen molar-refractivity contribution in [2.24, 2.45) is 0 Å². The molecule has 0 aliphatic heterocycles. The molecular formula is C13H15ClN2O3S. The third kappa shape index (κ3) is 2.66. The van der Waals surface area contributed by atoms with Crippen LogP contribution >= 0.6 is 10.7 Å². The van der Waals surface area contributed by atoms with Crippen LogP contribution in [0.1, 0.15) is 12.6 Å². The van der Waals surface area contributed by atoms with Gasteiger partial charge in [-0.25, -0.2) is 8.42 Å². The average molecular weight is 315 g/mol. The predicted octanol–water partition coefficient (Wildman–Crippen LogP) is 2.01. The second-order valence-electron chi connectivity index (χ2n) is 4.41. The Labute approximate surface area is 122 Å². The molecule has 0 aliphatic carbocycles. The van der Waals surface area contributed by atoms with Gasteiger partial charge in [-0.15, -0.1) is 0 Å². The normalized spacial score (nSPS) is 11.8. The van der Waals surface area contributed by atoms with Crippen LogP contribution in [0.5, 0.6) is 0 Å². The summed E-state index contributed by atoms with van der Waals surface area (Å²) in [6.45, 7) is 4.06. The Bertz CT molecular complexity index is 765. The number of carbonyl (C=O) groups is 1. The van der Waals surface area contributed by atoms with Crippen molar-refractivity contribution in [3.05, 3.63) is 30.0 Å². The second-order valence-corrected chi connectivity index (χ2v) is 6.91. The van der Waals surface area contributed by atoms with Gasteiger partial charge in [-0.3, -0.25) is 4.79 Å². The van der Waals surface area contributed by atoms with Gasteiger partial charge in [0.15, 0.2) is 0 Å². The quantitative estimate of drug-likeness (QED) is 0.878. The summed E-state index contributed by atoms with van der Waals surface area (Å²) in [5.74, 6) is -0.171. The third-order valence-electron chi connectivity index (χ3n) is 3.09. The Morgan fingerprint density at radius 3 is 2.60 bits per heavy atom. The molecule has 1 aromatic heterocycles. The van der Waals surface area contributed by atoms with Crippen LogP contribution in [0, 0.1) is 6.92 Å². The Morgan fingerprint density at radius 1 is 1.35 bits per heavy atom. The van der Waals surface area contributed by atoms with Crippen molar-refractivity contribution >= 4 is 36.5 Å². The fourth-order valence-corrected chi connectivity index (χ4v) is 3.79. The minimum Gasteiger partial charge on any atom is -0.355 e. The van der Waals surface area contributed by atoms with Crippen molar-refractivity contribution in [3.8, 4) is 0 Å². The van der Waals surface area contributed by atoms with E-state index in [-0.39, 0.29) is 17.3 Å². The molecule has 0 radical (unpaired) electrons. The molecule has 5 nitrogen and oxygen atoms in total. The van der Waals surface area contributed by atoms with Crippen molar-refractivity contribution < 1.29 is 13.2 Å². The van der Waals surface area contributed by atoms with Crippen LogP contribution in [0.3, 0.4) is 0 Å². The van der Waals surface area contributed by atoms with E-state index in [2.05, 4.69) is 5.32 Å². The number of halogens is 1. The highest BCUT2D eigenvalue weighted by atomic mass is 35.7. The summed E-state index contributed by atoms with van der Waals surface area (Å²) in [5, 5.41) is 3.22. The lowest BCUT2D eigenvalue weighted by atomic mass is 10.2. The fraction of sp³-hybridized carbons (Fsp3) is 0.308. The summed E-state index contributed by atoms with van der Waals surface area (Å²) in [6.07, 6.45) is 0. The summed E-state index contributed by atoms with van der Waals surface area (Å²) < 4.78 is 25.2. The number of carbonyl (C=O) groups excluding carboxylic acids is 1. The largest absolute Gasteiger partial charge is 0.355 e. The Morgan fingerprint density at radius 2 is 2.00 bits per heavy atom. The number of hydrogen-bond acceptors (Lipinski definition) is 3. The van der Waals surface area contributed by atoms with E-state index in [1.165, 1.54) is 0 Å². The lowest BCUT2D eigenvalue weighted by Gasteiger charge is -2.08. The number of nitrogens with zero attached hydrogens (tertiary/aromatic N) is 1. The van der Waals surface area contributed by atoms with E-state index in [0.29, 0.717) is 23.1 Å². The molecule has 0 fully saturated rings. The Balaban J connectivity index is 2.67. The molecule has 1 amide bonds. The fourth-order valence-electron chi connectivity index (χ4n) is 2.31. The molecule has 2 aromatic rings. The number of aromatic nitrogens is 1. The monoisotopic (exact) mass is 314 g/mol. The van der Waals surface area contributed by atoms with Crippen molar-refractivity contribution in [2.45, 2.75) is 25.3 Å². The minimum absolute atomic E-state index is 0.0621. The van der Waals surface area contributed by atoms with Crippen molar-refractivity contribution in [1.82, 2.24) is 9.88 Å². The second kappa shape index (κ2) is 5.46. The van der Waals surface area contributed by atoms with Crippen LogP contribution in [0.2, 0.25) is 0 Å². The topological polar surface area (TPSA) is 68.2 Å². The molecule has 1 aromatic carbocycles. The van der Waals surface area contributed by atoms with E-state index in [9.17, 15) is 13.2 Å². The van der Waals surface area contributed by atoms with Crippen molar-refractivity contribution in [2.75, 3.05) is 6.54 Å². The van der Waals surface area contributed by atoms with Crippen LogP contribution in [0.25, 0.3) is 10.9 Å². The maximum absolute atomic E-state index is 11.8. The lowest BCUT2D eigenvalue weighted by Crippen LogP contribution is -2.27. The van der Waals surface area contributed by atoms with E-state index in [1.54, 1.807) is 35.8 Å². The van der Waals surface area contributed by atoms with E-state index < -0.39 is 9.05 Å². The molecule has 20 heavy (non-hydrogen) atoms.